The Kier molecular flexibility index (Phi) is 3.02. The summed E-state index contributed by atoms with van der Waals surface area (Å²) in [5.74, 6) is 0. The van der Waals surface area contributed by atoms with E-state index in [-0.39, 0.29) is 0 Å². The van der Waals surface area contributed by atoms with E-state index >= 15 is 0 Å². The van der Waals surface area contributed by atoms with Crippen LogP contribution in [0.3, 0.4) is 0 Å². The average molecular weight is 245 g/mol. The summed E-state index contributed by atoms with van der Waals surface area (Å²) in [4.78, 5) is 4.23. The highest BCUT2D eigenvalue weighted by molar-refractivity contribution is 7.27. The van der Waals surface area contributed by atoms with Crippen molar-refractivity contribution in [1.82, 2.24) is 0 Å². The largest absolute Gasteiger partial charge is 0.416 e. The summed E-state index contributed by atoms with van der Waals surface area (Å²) in [6.45, 7) is 0.718. The van der Waals surface area contributed by atoms with Gasteiger partial charge in [0.1, 0.15) is 0 Å². The minimum atomic E-state index is -4.29. The predicted molar refractivity (Wildman–Crippen MR) is 61.4 cm³/mol. The lowest BCUT2D eigenvalue weighted by molar-refractivity contribution is -0.137. The molecule has 2 rings (SSSR count). The second-order valence-corrected chi connectivity index (χ2v) is 4.35. The summed E-state index contributed by atoms with van der Waals surface area (Å²) in [7, 11) is 2.46. The van der Waals surface area contributed by atoms with Gasteiger partial charge < -0.3 is 0 Å². The fraction of sp³-hybridized carbons (Fsp3) is 0.364. The van der Waals surface area contributed by atoms with Crippen molar-refractivity contribution in [1.29, 1.82) is 0 Å². The molecular weight excluding hydrogens is 234 g/mol. The van der Waals surface area contributed by atoms with E-state index in [1.807, 2.05) is 0 Å². The monoisotopic (exact) mass is 245 g/mol. The Balaban J connectivity index is 2.44. The van der Waals surface area contributed by atoms with Gasteiger partial charge in [0.2, 0.25) is 0 Å². The zero-order valence-electron chi connectivity index (χ0n) is 8.51. The molecule has 0 radical (unpaired) electrons. The molecular formula is C11H11F3NP. The maximum Gasteiger partial charge on any atom is 0.416 e. The second kappa shape index (κ2) is 4.17. The predicted octanol–water partition coefficient (Wildman–Crippen LogP) is 2.79. The normalized spacial score (nSPS) is 16.4. The van der Waals surface area contributed by atoms with Crippen molar-refractivity contribution < 1.29 is 13.2 Å². The molecule has 1 unspecified atom stereocenters. The molecule has 1 nitrogen and oxygen atoms in total. The maximum atomic E-state index is 12.5. The molecule has 1 aromatic carbocycles. The Morgan fingerprint density at radius 3 is 2.56 bits per heavy atom. The number of nitrogens with zero attached hydrogens (tertiary/aromatic N) is 1. The first kappa shape index (κ1) is 11.6. The van der Waals surface area contributed by atoms with Gasteiger partial charge in [-0.15, -0.1) is 9.24 Å². The molecule has 1 heterocycles. The van der Waals surface area contributed by atoms with Crippen LogP contribution in [0.2, 0.25) is 0 Å². The molecule has 0 amide bonds. The van der Waals surface area contributed by atoms with Gasteiger partial charge >= 0.3 is 6.18 Å². The summed E-state index contributed by atoms with van der Waals surface area (Å²) in [6, 6.07) is 3.76. The molecule has 1 aromatic rings. The second-order valence-electron chi connectivity index (χ2n) is 3.73. The topological polar surface area (TPSA) is 12.4 Å². The lowest BCUT2D eigenvalue weighted by atomic mass is 10.0. The summed E-state index contributed by atoms with van der Waals surface area (Å²) in [5, 5.41) is 0.772. The molecule has 0 aliphatic carbocycles. The zero-order chi connectivity index (χ0) is 11.8. The first-order valence-corrected chi connectivity index (χ1v) is 5.56. The standard InChI is InChI=1S/C11H11F3NP/c12-11(13,14)7-3-4-10(16)8(6-7)9-2-1-5-15-9/h3-4,6H,1-2,5,16H2. The molecule has 1 aliphatic rings. The van der Waals surface area contributed by atoms with Gasteiger partial charge in [0.05, 0.1) is 5.56 Å². The van der Waals surface area contributed by atoms with Crippen LogP contribution in [0, 0.1) is 0 Å². The van der Waals surface area contributed by atoms with E-state index in [1.54, 1.807) is 0 Å². The average Bonchev–Trinajstić information content (AvgIpc) is 2.69. The number of hydrogen-bond acceptors (Lipinski definition) is 1. The quantitative estimate of drug-likeness (QED) is 0.674. The third-order valence-electron chi connectivity index (χ3n) is 2.57. The molecule has 0 spiro atoms. The molecule has 0 saturated heterocycles. The molecule has 0 aromatic heterocycles. The van der Waals surface area contributed by atoms with Gasteiger partial charge in [-0.1, -0.05) is 6.07 Å². The van der Waals surface area contributed by atoms with E-state index in [4.69, 9.17) is 0 Å². The lowest BCUT2D eigenvalue weighted by Gasteiger charge is -2.11. The Bertz CT molecular complexity index is 437. The van der Waals surface area contributed by atoms with Crippen molar-refractivity contribution in [3.05, 3.63) is 29.3 Å². The Labute approximate surface area is 94.0 Å². The molecule has 0 fully saturated rings. The van der Waals surface area contributed by atoms with Crippen LogP contribution in [-0.2, 0) is 6.18 Å². The van der Waals surface area contributed by atoms with E-state index in [0.29, 0.717) is 5.56 Å². The fourth-order valence-electron chi connectivity index (χ4n) is 1.74. The highest BCUT2D eigenvalue weighted by atomic mass is 31.0. The van der Waals surface area contributed by atoms with Gasteiger partial charge in [0, 0.05) is 17.8 Å². The summed E-state index contributed by atoms with van der Waals surface area (Å²) in [6.07, 6.45) is -2.59. The van der Waals surface area contributed by atoms with Gasteiger partial charge in [-0.3, -0.25) is 4.99 Å². The first-order valence-electron chi connectivity index (χ1n) is 4.99. The summed E-state index contributed by atoms with van der Waals surface area (Å²) < 4.78 is 37.6. The third kappa shape index (κ3) is 2.27. The molecule has 86 valence electrons. The molecule has 5 heteroatoms. The minimum absolute atomic E-state index is 0.608. The maximum absolute atomic E-state index is 12.5. The van der Waals surface area contributed by atoms with E-state index in [9.17, 15) is 13.2 Å². The minimum Gasteiger partial charge on any atom is -0.289 e. The highest BCUT2D eigenvalue weighted by Crippen LogP contribution is 2.30. The van der Waals surface area contributed by atoms with Crippen LogP contribution in [0.15, 0.2) is 23.2 Å². The SMILES string of the molecule is FC(F)(F)c1ccc(P)c(C2=NCCC2)c1. The van der Waals surface area contributed by atoms with Crippen LogP contribution in [0.25, 0.3) is 0 Å². The van der Waals surface area contributed by atoms with Crippen LogP contribution in [0.4, 0.5) is 13.2 Å². The summed E-state index contributed by atoms with van der Waals surface area (Å²) in [5.41, 5.74) is 0.789. The highest BCUT2D eigenvalue weighted by Gasteiger charge is 2.31. The van der Waals surface area contributed by atoms with E-state index in [1.165, 1.54) is 12.1 Å². The number of alkyl halides is 3. The van der Waals surface area contributed by atoms with E-state index < -0.39 is 11.7 Å². The molecule has 1 atom stereocenters. The van der Waals surface area contributed by atoms with Gasteiger partial charge in [0.25, 0.3) is 0 Å². The molecule has 0 saturated carbocycles. The van der Waals surface area contributed by atoms with Gasteiger partial charge in [0.15, 0.2) is 0 Å². The summed E-state index contributed by atoms with van der Waals surface area (Å²) >= 11 is 0. The van der Waals surface area contributed by atoms with Crippen molar-refractivity contribution in [2.24, 2.45) is 4.99 Å². The molecule has 16 heavy (non-hydrogen) atoms. The van der Waals surface area contributed by atoms with Crippen molar-refractivity contribution in [3.8, 4) is 0 Å². The van der Waals surface area contributed by atoms with Crippen LogP contribution in [-0.4, -0.2) is 12.3 Å². The van der Waals surface area contributed by atoms with Gasteiger partial charge in [-0.2, -0.15) is 13.2 Å². The zero-order valence-corrected chi connectivity index (χ0v) is 9.67. The van der Waals surface area contributed by atoms with E-state index in [0.717, 1.165) is 36.5 Å². The van der Waals surface area contributed by atoms with Crippen LogP contribution in [0.1, 0.15) is 24.0 Å². The van der Waals surface area contributed by atoms with Gasteiger partial charge in [-0.25, -0.2) is 0 Å². The Morgan fingerprint density at radius 1 is 1.25 bits per heavy atom. The third-order valence-corrected chi connectivity index (χ3v) is 3.07. The number of hydrogen-bond donors (Lipinski definition) is 0. The number of halogens is 3. The Morgan fingerprint density at radius 2 is 2.00 bits per heavy atom. The van der Waals surface area contributed by atoms with Gasteiger partial charge in [-0.05, 0) is 30.3 Å². The van der Waals surface area contributed by atoms with Crippen molar-refractivity contribution >= 4 is 20.3 Å². The van der Waals surface area contributed by atoms with Crippen LogP contribution >= 0.6 is 9.24 Å². The lowest BCUT2D eigenvalue weighted by Crippen LogP contribution is -2.13. The van der Waals surface area contributed by atoms with Crippen molar-refractivity contribution in [2.75, 3.05) is 6.54 Å². The molecule has 0 N–H and O–H groups in total. The number of benzene rings is 1. The first-order chi connectivity index (χ1) is 7.48. The number of aliphatic imine (C=N–C) groups is 1. The molecule has 0 bridgehead atoms. The smallest absolute Gasteiger partial charge is 0.289 e. The molecule has 1 aliphatic heterocycles. The Hall–Kier alpha value is -0.890. The van der Waals surface area contributed by atoms with Crippen molar-refractivity contribution in [3.63, 3.8) is 0 Å². The fourth-order valence-corrected chi connectivity index (χ4v) is 2.09. The van der Waals surface area contributed by atoms with E-state index in [2.05, 4.69) is 14.2 Å². The number of rotatable bonds is 1. The van der Waals surface area contributed by atoms with Crippen LogP contribution < -0.4 is 5.30 Å². The van der Waals surface area contributed by atoms with Crippen LogP contribution in [0.5, 0.6) is 0 Å². The van der Waals surface area contributed by atoms with Crippen molar-refractivity contribution in [2.45, 2.75) is 19.0 Å².